The van der Waals surface area contributed by atoms with E-state index in [0.717, 1.165) is 17.7 Å². The van der Waals surface area contributed by atoms with Gasteiger partial charge in [-0.1, -0.05) is 6.07 Å². The first kappa shape index (κ1) is 17.7. The SMILES string of the molecule is COc1ccc(N2C(=O)CC(N(Cc3cccs3)C(=O)C3CC3)C2=O)cc1. The molecular formula is C20H20N2O4S. The molecule has 2 aliphatic rings. The Bertz CT molecular complexity index is 859. The summed E-state index contributed by atoms with van der Waals surface area (Å²) in [6.45, 7) is 0.368. The van der Waals surface area contributed by atoms with Crippen molar-refractivity contribution in [2.24, 2.45) is 5.92 Å². The second-order valence-corrected chi connectivity index (χ2v) is 7.84. The molecule has 0 radical (unpaired) electrons. The van der Waals surface area contributed by atoms with Crippen LogP contribution in [0.15, 0.2) is 41.8 Å². The summed E-state index contributed by atoms with van der Waals surface area (Å²) in [6, 6.07) is 9.91. The van der Waals surface area contributed by atoms with E-state index in [1.54, 1.807) is 47.6 Å². The highest BCUT2D eigenvalue weighted by Gasteiger charge is 2.46. The average Bonchev–Trinajstić information content (AvgIpc) is 3.32. The first-order valence-corrected chi connectivity index (χ1v) is 9.80. The Balaban J connectivity index is 1.59. The fourth-order valence-electron chi connectivity index (χ4n) is 3.34. The Morgan fingerprint density at radius 2 is 1.96 bits per heavy atom. The first-order chi connectivity index (χ1) is 13.1. The molecule has 0 bridgehead atoms. The molecule has 6 nitrogen and oxygen atoms in total. The van der Waals surface area contributed by atoms with Crippen molar-refractivity contribution in [2.45, 2.75) is 31.8 Å². The zero-order valence-electron chi connectivity index (χ0n) is 15.0. The second kappa shape index (κ2) is 7.15. The van der Waals surface area contributed by atoms with Crippen LogP contribution < -0.4 is 9.64 Å². The molecule has 1 aromatic heterocycles. The topological polar surface area (TPSA) is 66.9 Å². The van der Waals surface area contributed by atoms with Crippen LogP contribution in [0.5, 0.6) is 5.75 Å². The van der Waals surface area contributed by atoms with Crippen molar-refractivity contribution in [2.75, 3.05) is 12.0 Å². The van der Waals surface area contributed by atoms with Gasteiger partial charge in [-0.25, -0.2) is 4.90 Å². The number of ether oxygens (including phenoxy) is 1. The molecule has 1 saturated heterocycles. The van der Waals surface area contributed by atoms with E-state index in [9.17, 15) is 14.4 Å². The number of carbonyl (C=O) groups excluding carboxylic acids is 3. The molecule has 7 heteroatoms. The third-order valence-corrected chi connectivity index (χ3v) is 5.81. The van der Waals surface area contributed by atoms with Gasteiger partial charge in [-0.3, -0.25) is 14.4 Å². The summed E-state index contributed by atoms with van der Waals surface area (Å²) in [6.07, 6.45) is 1.74. The number of nitrogens with zero attached hydrogens (tertiary/aromatic N) is 2. The van der Waals surface area contributed by atoms with E-state index >= 15 is 0 Å². The molecule has 4 rings (SSSR count). The molecule has 2 heterocycles. The zero-order chi connectivity index (χ0) is 19.0. The van der Waals surface area contributed by atoms with Crippen LogP contribution in [-0.2, 0) is 20.9 Å². The quantitative estimate of drug-likeness (QED) is 0.719. The van der Waals surface area contributed by atoms with Gasteiger partial charge in [0.25, 0.3) is 5.91 Å². The van der Waals surface area contributed by atoms with Crippen LogP contribution in [0.3, 0.4) is 0 Å². The Kier molecular flexibility index (Phi) is 4.70. The van der Waals surface area contributed by atoms with Crippen LogP contribution in [0.2, 0.25) is 0 Å². The molecule has 140 valence electrons. The summed E-state index contributed by atoms with van der Waals surface area (Å²) in [5.41, 5.74) is 0.503. The predicted molar refractivity (Wildman–Crippen MR) is 101 cm³/mol. The van der Waals surface area contributed by atoms with Gasteiger partial charge in [-0.05, 0) is 48.6 Å². The normalized spacial score (nSPS) is 19.4. The molecule has 1 atom stereocenters. The van der Waals surface area contributed by atoms with Crippen molar-refractivity contribution in [3.8, 4) is 5.75 Å². The third-order valence-electron chi connectivity index (χ3n) is 4.95. The van der Waals surface area contributed by atoms with E-state index in [2.05, 4.69) is 0 Å². The maximum Gasteiger partial charge on any atom is 0.257 e. The Labute approximate surface area is 161 Å². The highest BCUT2D eigenvalue weighted by Crippen LogP contribution is 2.35. The maximum atomic E-state index is 13.1. The van der Waals surface area contributed by atoms with Crippen LogP contribution in [-0.4, -0.2) is 35.8 Å². The van der Waals surface area contributed by atoms with Crippen molar-refractivity contribution in [3.63, 3.8) is 0 Å². The fourth-order valence-corrected chi connectivity index (χ4v) is 4.04. The van der Waals surface area contributed by atoms with Gasteiger partial charge in [-0.2, -0.15) is 0 Å². The summed E-state index contributed by atoms with van der Waals surface area (Å²) in [5, 5.41) is 1.94. The zero-order valence-corrected chi connectivity index (χ0v) is 15.8. The van der Waals surface area contributed by atoms with Crippen LogP contribution in [0, 0.1) is 5.92 Å². The summed E-state index contributed by atoms with van der Waals surface area (Å²) >= 11 is 1.55. The minimum Gasteiger partial charge on any atom is -0.497 e. The van der Waals surface area contributed by atoms with Crippen LogP contribution in [0.1, 0.15) is 24.1 Å². The summed E-state index contributed by atoms with van der Waals surface area (Å²) < 4.78 is 5.13. The van der Waals surface area contributed by atoms with E-state index < -0.39 is 6.04 Å². The molecule has 2 aromatic rings. The van der Waals surface area contributed by atoms with Gasteiger partial charge in [0.1, 0.15) is 11.8 Å². The molecule has 1 saturated carbocycles. The maximum absolute atomic E-state index is 13.1. The fraction of sp³-hybridized carbons (Fsp3) is 0.350. The number of rotatable bonds is 6. The second-order valence-electron chi connectivity index (χ2n) is 6.81. The minimum absolute atomic E-state index is 0.0112. The number of anilines is 1. The van der Waals surface area contributed by atoms with Gasteiger partial charge < -0.3 is 9.64 Å². The summed E-state index contributed by atoms with van der Waals surface area (Å²) in [4.78, 5) is 42.3. The molecule has 1 unspecified atom stereocenters. The Hall–Kier alpha value is -2.67. The highest BCUT2D eigenvalue weighted by molar-refractivity contribution is 7.09. The van der Waals surface area contributed by atoms with E-state index in [0.29, 0.717) is 18.0 Å². The minimum atomic E-state index is -0.741. The lowest BCUT2D eigenvalue weighted by Gasteiger charge is -2.27. The van der Waals surface area contributed by atoms with Gasteiger partial charge in [0, 0.05) is 10.8 Å². The van der Waals surface area contributed by atoms with Crippen LogP contribution >= 0.6 is 11.3 Å². The van der Waals surface area contributed by atoms with Crippen molar-refractivity contribution in [3.05, 3.63) is 46.7 Å². The van der Waals surface area contributed by atoms with Gasteiger partial charge in [-0.15, -0.1) is 11.3 Å². The van der Waals surface area contributed by atoms with Gasteiger partial charge in [0.2, 0.25) is 11.8 Å². The number of thiophene rings is 1. The van der Waals surface area contributed by atoms with Gasteiger partial charge >= 0.3 is 0 Å². The number of methoxy groups -OCH3 is 1. The van der Waals surface area contributed by atoms with Crippen LogP contribution in [0.25, 0.3) is 0 Å². The number of benzene rings is 1. The summed E-state index contributed by atoms with van der Waals surface area (Å²) in [7, 11) is 1.56. The number of carbonyl (C=O) groups is 3. The smallest absolute Gasteiger partial charge is 0.257 e. The van der Waals surface area contributed by atoms with E-state index in [1.165, 1.54) is 4.90 Å². The monoisotopic (exact) mass is 384 g/mol. The predicted octanol–water partition coefficient (Wildman–Crippen LogP) is 2.83. The number of hydrogen-bond donors (Lipinski definition) is 0. The molecular weight excluding hydrogens is 364 g/mol. The lowest BCUT2D eigenvalue weighted by molar-refractivity contribution is -0.140. The van der Waals surface area contributed by atoms with Gasteiger partial charge in [0.15, 0.2) is 0 Å². The highest BCUT2D eigenvalue weighted by atomic mass is 32.1. The molecule has 0 N–H and O–H groups in total. The number of amides is 3. The van der Waals surface area contributed by atoms with Crippen molar-refractivity contribution in [1.29, 1.82) is 0 Å². The molecule has 27 heavy (non-hydrogen) atoms. The standard InChI is InChI=1S/C20H20N2O4S/c1-26-15-8-6-14(7-9-15)22-18(23)11-17(20(22)25)21(19(24)13-4-5-13)12-16-3-2-10-27-16/h2-3,6-10,13,17H,4-5,11-12H2,1H3. The van der Waals surface area contributed by atoms with E-state index in [4.69, 9.17) is 4.74 Å². The Morgan fingerprint density at radius 3 is 2.56 bits per heavy atom. The van der Waals surface area contributed by atoms with E-state index in [-0.39, 0.29) is 30.1 Å². The van der Waals surface area contributed by atoms with Crippen LogP contribution in [0.4, 0.5) is 5.69 Å². The molecule has 2 fully saturated rings. The number of hydrogen-bond acceptors (Lipinski definition) is 5. The van der Waals surface area contributed by atoms with Crippen molar-refractivity contribution < 1.29 is 19.1 Å². The molecule has 3 amide bonds. The summed E-state index contributed by atoms with van der Waals surface area (Å²) in [5.74, 6) is -0.00248. The third kappa shape index (κ3) is 3.47. The van der Waals surface area contributed by atoms with Crippen molar-refractivity contribution in [1.82, 2.24) is 4.90 Å². The molecule has 0 spiro atoms. The lowest BCUT2D eigenvalue weighted by atomic mass is 10.1. The van der Waals surface area contributed by atoms with Gasteiger partial charge in [0.05, 0.1) is 25.8 Å². The molecule has 1 aliphatic heterocycles. The molecule has 1 aromatic carbocycles. The Morgan fingerprint density at radius 1 is 1.22 bits per heavy atom. The average molecular weight is 384 g/mol. The largest absolute Gasteiger partial charge is 0.497 e. The lowest BCUT2D eigenvalue weighted by Crippen LogP contribution is -2.45. The number of imide groups is 1. The van der Waals surface area contributed by atoms with Crippen molar-refractivity contribution >= 4 is 34.7 Å². The van der Waals surface area contributed by atoms with E-state index in [1.807, 2.05) is 17.5 Å². The molecule has 1 aliphatic carbocycles. The first-order valence-electron chi connectivity index (χ1n) is 8.92.